The van der Waals surface area contributed by atoms with Crippen molar-refractivity contribution in [2.45, 2.75) is 156 Å². The van der Waals surface area contributed by atoms with Crippen molar-refractivity contribution in [3.63, 3.8) is 0 Å². The van der Waals surface area contributed by atoms with Crippen LogP contribution in [-0.4, -0.2) is 37.5 Å². The monoisotopic (exact) mass is 512 g/mol. The minimum absolute atomic E-state index is 0.810. The molecule has 0 atom stereocenters. The summed E-state index contributed by atoms with van der Waals surface area (Å²) in [6.07, 6.45) is 0. The van der Waals surface area contributed by atoms with Gasteiger partial charge in [-0.3, -0.25) is 0 Å². The van der Waals surface area contributed by atoms with Gasteiger partial charge < -0.3 is 0 Å². The van der Waals surface area contributed by atoms with E-state index in [-0.39, 0.29) is 0 Å². The molecule has 0 spiro atoms. The molecule has 0 saturated heterocycles. The van der Waals surface area contributed by atoms with Crippen LogP contribution in [0.4, 0.5) is 0 Å². The quantitative estimate of drug-likeness (QED) is 0.213. The highest BCUT2D eigenvalue weighted by Gasteiger charge is 2.75. The van der Waals surface area contributed by atoms with Gasteiger partial charge in [0.05, 0.1) is 15.2 Å². The minimum atomic E-state index is -1.95. The van der Waals surface area contributed by atoms with Gasteiger partial charge >= 0.3 is 0 Å². The van der Waals surface area contributed by atoms with Crippen LogP contribution in [0.15, 0.2) is 0 Å². The first-order valence-electron chi connectivity index (χ1n) is 13.2. The van der Waals surface area contributed by atoms with Crippen molar-refractivity contribution in [1.29, 1.82) is 0 Å². The van der Waals surface area contributed by atoms with Crippen LogP contribution < -0.4 is 0 Å². The lowest BCUT2D eigenvalue weighted by atomic mass is 10.5. The van der Waals surface area contributed by atoms with E-state index in [1.807, 2.05) is 0 Å². The summed E-state index contributed by atoms with van der Waals surface area (Å²) in [4.78, 5) is 0. The van der Waals surface area contributed by atoms with Crippen molar-refractivity contribution in [1.82, 2.24) is 0 Å². The van der Waals surface area contributed by atoms with Crippen LogP contribution in [-0.2, 0) is 0 Å². The highest BCUT2D eigenvalue weighted by atomic mass is 29.9. The molecule has 0 fully saturated rings. The highest BCUT2D eigenvalue weighted by Crippen LogP contribution is 2.60. The Kier molecular flexibility index (Phi) is 10.7. The summed E-state index contributed by atoms with van der Waals surface area (Å²) in [5.74, 6) is 0. The molecule has 0 N–H and O–H groups in total. The third kappa shape index (κ3) is 5.04. The maximum Gasteiger partial charge on any atom is 0.128 e. The van der Waals surface area contributed by atoms with Crippen LogP contribution in [0.1, 0.15) is 83.1 Å². The molecule has 0 nitrogen and oxygen atoms in total. The fraction of sp³-hybridized carbons (Fsp3) is 0.923. The average Bonchev–Trinajstić information content (AvgIpc) is 2.48. The molecule has 0 aliphatic carbocycles. The summed E-state index contributed by atoms with van der Waals surface area (Å²) in [6, 6.07) is 0. The molecule has 0 aliphatic rings. The fourth-order valence-corrected chi connectivity index (χ4v) is 120. The third-order valence-electron chi connectivity index (χ3n) is 8.78. The molecule has 0 heterocycles. The second-order valence-electron chi connectivity index (χ2n) is 14.3. The van der Waals surface area contributed by atoms with Gasteiger partial charge in [-0.25, -0.2) is 0 Å². The van der Waals surface area contributed by atoms with E-state index in [1.54, 1.807) is 0 Å². The zero-order chi connectivity index (χ0) is 25.4. The van der Waals surface area contributed by atoms with E-state index in [4.69, 9.17) is 0 Å². The molecule has 0 aromatic carbocycles. The van der Waals surface area contributed by atoms with Crippen molar-refractivity contribution in [2.24, 2.45) is 0 Å². The van der Waals surface area contributed by atoms with Crippen LogP contribution in [0.25, 0.3) is 0 Å². The molecule has 0 aromatic rings. The SMILES string of the molecule is CC(C)[Si](C(C)C)(C(C)C)[Si](C#C[Si](C)(C)C)([Si](C)(C)C)[Si](C(C)C)(C(C)C)C(C)C. The van der Waals surface area contributed by atoms with Crippen molar-refractivity contribution in [3.8, 4) is 11.1 Å². The van der Waals surface area contributed by atoms with Crippen molar-refractivity contribution in [3.05, 3.63) is 0 Å². The van der Waals surface area contributed by atoms with Crippen LogP contribution in [0.3, 0.4) is 0 Å². The van der Waals surface area contributed by atoms with Gasteiger partial charge in [0.15, 0.2) is 0 Å². The number of rotatable bonds is 9. The maximum atomic E-state index is 4.62. The molecule has 0 unspecified atom stereocenters. The average molecular weight is 513 g/mol. The molecule has 0 aliphatic heterocycles. The standard InChI is InChI=1S/C26H60Si5/c1-21(2)30(22(3)4,23(5)6)29(28(16,17)18,20-19-27(13,14)15)31(24(7)8,25(9)10)26(11)12/h21-26H,1-18H3. The topological polar surface area (TPSA) is 0 Å². The van der Waals surface area contributed by atoms with Crippen molar-refractivity contribution in [2.75, 3.05) is 0 Å². The second-order valence-corrected chi connectivity index (χ2v) is 56.9. The molecule has 0 bridgehead atoms. The molecule has 184 valence electrons. The Bertz CT molecular complexity index is 558. The summed E-state index contributed by atoms with van der Waals surface area (Å²) in [7, 11) is -6.56. The third-order valence-corrected chi connectivity index (χ3v) is 81.9. The molecule has 0 amide bonds. The largest absolute Gasteiger partial charge is 0.147 e. The first-order chi connectivity index (χ1) is 13.6. The Morgan fingerprint density at radius 1 is 0.387 bits per heavy atom. The van der Waals surface area contributed by atoms with Gasteiger partial charge in [0, 0.05) is 7.59 Å². The molecular formula is C26H60Si5. The maximum absolute atomic E-state index is 4.62. The lowest BCUT2D eigenvalue weighted by molar-refractivity contribution is 0.829. The summed E-state index contributed by atoms with van der Waals surface area (Å²) in [5.41, 5.74) is 13.6. The van der Waals surface area contributed by atoms with Crippen LogP contribution in [0.5, 0.6) is 0 Å². The molecule has 0 rings (SSSR count). The summed E-state index contributed by atoms with van der Waals surface area (Å²) >= 11 is 0. The van der Waals surface area contributed by atoms with E-state index in [0.717, 1.165) is 33.2 Å². The molecule has 31 heavy (non-hydrogen) atoms. The molecular weight excluding hydrogens is 453 g/mol. The van der Waals surface area contributed by atoms with Crippen molar-refractivity contribution < 1.29 is 0 Å². The lowest BCUT2D eigenvalue weighted by Gasteiger charge is -2.68. The highest BCUT2D eigenvalue weighted by molar-refractivity contribution is 7.93. The Morgan fingerprint density at radius 3 is 0.742 bits per heavy atom. The fourth-order valence-electron chi connectivity index (χ4n) is 8.96. The second kappa shape index (κ2) is 10.5. The zero-order valence-corrected chi connectivity index (χ0v) is 30.0. The van der Waals surface area contributed by atoms with Crippen LogP contribution in [0.2, 0.25) is 72.5 Å². The zero-order valence-electron chi connectivity index (χ0n) is 25.0. The Morgan fingerprint density at radius 2 is 0.613 bits per heavy atom. The molecule has 0 aromatic heterocycles. The summed E-state index contributed by atoms with van der Waals surface area (Å²) in [5, 5.41) is 0. The van der Waals surface area contributed by atoms with E-state index < -0.39 is 37.5 Å². The van der Waals surface area contributed by atoms with Gasteiger partial charge in [0.2, 0.25) is 0 Å². The summed E-state index contributed by atoms with van der Waals surface area (Å²) < 4.78 is 0. The van der Waals surface area contributed by atoms with E-state index in [0.29, 0.717) is 0 Å². The minimum Gasteiger partial charge on any atom is -0.147 e. The van der Waals surface area contributed by atoms with Gasteiger partial charge in [-0.1, -0.05) is 156 Å². The predicted molar refractivity (Wildman–Crippen MR) is 162 cm³/mol. The van der Waals surface area contributed by atoms with Gasteiger partial charge in [0.25, 0.3) is 0 Å². The predicted octanol–water partition coefficient (Wildman–Crippen LogP) is 9.79. The van der Waals surface area contributed by atoms with Crippen molar-refractivity contribution >= 4 is 37.5 Å². The Balaban J connectivity index is 8.49. The van der Waals surface area contributed by atoms with E-state index in [9.17, 15) is 0 Å². The van der Waals surface area contributed by atoms with Gasteiger partial charge in [-0.05, 0) is 0 Å². The Hall–Kier alpha value is 0.644. The molecule has 0 saturated carbocycles. The van der Waals surface area contributed by atoms with Gasteiger partial charge in [-0.2, -0.15) is 0 Å². The van der Waals surface area contributed by atoms with Crippen LogP contribution in [0, 0.1) is 11.1 Å². The van der Waals surface area contributed by atoms with Crippen LogP contribution >= 0.6 is 0 Å². The van der Waals surface area contributed by atoms with E-state index in [1.165, 1.54) is 0 Å². The van der Waals surface area contributed by atoms with E-state index in [2.05, 4.69) is 133 Å². The normalized spacial score (nSPS) is 15.0. The first kappa shape index (κ1) is 31.6. The number of hydrogen-bond acceptors (Lipinski definition) is 0. The van der Waals surface area contributed by atoms with E-state index >= 15 is 0 Å². The van der Waals surface area contributed by atoms with Gasteiger partial charge in [-0.15, -0.1) is 11.1 Å². The smallest absolute Gasteiger partial charge is 0.128 e. The summed E-state index contributed by atoms with van der Waals surface area (Å²) in [6.45, 7) is 45.4. The molecule has 5 heteroatoms. The Labute approximate surface area is 203 Å². The first-order valence-corrected chi connectivity index (χ1v) is 29.6. The lowest BCUT2D eigenvalue weighted by Crippen LogP contribution is -2.91. The number of hydrogen-bond donors (Lipinski definition) is 0. The van der Waals surface area contributed by atoms with Gasteiger partial charge in [0.1, 0.15) is 14.7 Å². The molecule has 0 radical (unpaired) electrons.